The lowest BCUT2D eigenvalue weighted by molar-refractivity contribution is 0.0949. The molecule has 13 nitrogen and oxygen atoms in total. The van der Waals surface area contributed by atoms with Gasteiger partial charge in [-0.05, 0) is 53.8 Å². The molecule has 5 aromatic rings. The molecule has 0 unspecified atom stereocenters. The second-order valence-corrected chi connectivity index (χ2v) is 9.52. The lowest BCUT2D eigenvalue weighted by Crippen LogP contribution is -2.31. The second-order valence-electron chi connectivity index (χ2n) is 9.16. The van der Waals surface area contributed by atoms with E-state index in [4.69, 9.17) is 22.0 Å². The van der Waals surface area contributed by atoms with Crippen molar-refractivity contribution < 1.29 is 9.42 Å². The zero-order valence-corrected chi connectivity index (χ0v) is 22.2. The minimum atomic E-state index is -0.568. The lowest BCUT2D eigenvalue weighted by Gasteiger charge is -2.31. The number of hydrogen-bond acceptors (Lipinski definition) is 10. The van der Waals surface area contributed by atoms with Crippen molar-refractivity contribution in [2.75, 3.05) is 17.2 Å². The number of aromatic nitrogens is 7. The fourth-order valence-electron chi connectivity index (χ4n) is 4.69. The Hall–Kier alpha value is -5.04. The largest absolute Gasteiger partial charge is 0.378 e. The molecule has 0 spiro atoms. The fraction of sp³-hybridized carbons (Fsp3) is 0.192. The summed E-state index contributed by atoms with van der Waals surface area (Å²) in [4.78, 5) is 15.5. The molecular formula is C26H24ClN11O2. The zero-order valence-electron chi connectivity index (χ0n) is 21.4. The Morgan fingerprint density at radius 2 is 1.95 bits per heavy atom. The van der Waals surface area contributed by atoms with Crippen LogP contribution >= 0.6 is 11.6 Å². The van der Waals surface area contributed by atoms with Gasteiger partial charge in [0.1, 0.15) is 5.15 Å². The van der Waals surface area contributed by atoms with Crippen LogP contribution in [0.1, 0.15) is 39.4 Å². The summed E-state index contributed by atoms with van der Waals surface area (Å²) in [7, 11) is 0. The Labute approximate surface area is 233 Å². The number of para-hydroxylation sites is 2. The zero-order chi connectivity index (χ0) is 27.6. The molecule has 6 rings (SSSR count). The molecule has 0 radical (unpaired) electrons. The Morgan fingerprint density at radius 3 is 2.75 bits per heavy atom. The summed E-state index contributed by atoms with van der Waals surface area (Å²) in [5, 5.41) is 24.8. The van der Waals surface area contributed by atoms with Crippen LogP contribution in [0.4, 0.5) is 11.5 Å². The normalized spacial score (nSPS) is 13.1. The summed E-state index contributed by atoms with van der Waals surface area (Å²) in [6.07, 6.45) is 3.40. The quantitative estimate of drug-likeness (QED) is 0.226. The molecule has 0 atom stereocenters. The molecule has 3 aromatic heterocycles. The highest BCUT2D eigenvalue weighted by atomic mass is 35.5. The van der Waals surface area contributed by atoms with Gasteiger partial charge in [-0.3, -0.25) is 4.79 Å². The number of rotatable bonds is 7. The van der Waals surface area contributed by atoms with Crippen LogP contribution in [0.3, 0.4) is 0 Å². The van der Waals surface area contributed by atoms with Gasteiger partial charge in [0.05, 0.1) is 35.4 Å². The standard InChI is InChI=1S/C26H24ClN11O2/c1-16-19(23(27)37(32-16)18-10-3-2-4-11-18)14-29-31-26(39)22-21(38(35-30-22)25-24(28)33-40-34-25)15-36-13-7-9-17-8-5-6-12-20(17)36/h2-6,8,10-12,14H,7,9,13,15H2,1H3,(H2,28,33)(H,31,39)/b29-14+. The number of carbonyl (C=O) groups is 1. The summed E-state index contributed by atoms with van der Waals surface area (Å²) in [5.74, 6) is -0.399. The molecule has 0 fully saturated rings. The maximum absolute atomic E-state index is 13.3. The number of amides is 1. The van der Waals surface area contributed by atoms with Crippen molar-refractivity contribution in [2.45, 2.75) is 26.3 Å². The Balaban J connectivity index is 1.28. The first kappa shape index (κ1) is 25.2. The van der Waals surface area contributed by atoms with Gasteiger partial charge in [0, 0.05) is 12.2 Å². The summed E-state index contributed by atoms with van der Waals surface area (Å²) in [6.45, 7) is 2.92. The number of nitrogen functional groups attached to an aromatic ring is 1. The molecule has 202 valence electrons. The van der Waals surface area contributed by atoms with Crippen LogP contribution in [0, 0.1) is 6.92 Å². The number of fused-ring (bicyclic) bond motifs is 1. The molecule has 40 heavy (non-hydrogen) atoms. The van der Waals surface area contributed by atoms with Gasteiger partial charge in [-0.15, -0.1) is 5.10 Å². The van der Waals surface area contributed by atoms with Gasteiger partial charge in [-0.1, -0.05) is 53.2 Å². The number of anilines is 2. The number of hydrazone groups is 1. The summed E-state index contributed by atoms with van der Waals surface area (Å²) in [6, 6.07) is 17.7. The van der Waals surface area contributed by atoms with Crippen LogP contribution in [0.15, 0.2) is 64.3 Å². The van der Waals surface area contributed by atoms with Gasteiger partial charge >= 0.3 is 0 Å². The maximum Gasteiger partial charge on any atom is 0.293 e. The number of halogens is 1. The minimum Gasteiger partial charge on any atom is -0.378 e. The van der Waals surface area contributed by atoms with Gasteiger partial charge in [0.2, 0.25) is 11.6 Å². The van der Waals surface area contributed by atoms with Crippen LogP contribution in [0.2, 0.25) is 5.15 Å². The predicted octanol–water partition coefficient (Wildman–Crippen LogP) is 3.10. The van der Waals surface area contributed by atoms with E-state index in [-0.39, 0.29) is 17.3 Å². The molecule has 4 heterocycles. The fourth-order valence-corrected chi connectivity index (χ4v) is 5.01. The molecule has 0 saturated heterocycles. The Kier molecular flexibility index (Phi) is 6.70. The van der Waals surface area contributed by atoms with Crippen LogP contribution in [0.25, 0.3) is 11.5 Å². The van der Waals surface area contributed by atoms with Crippen molar-refractivity contribution in [3.63, 3.8) is 0 Å². The Morgan fingerprint density at radius 1 is 1.15 bits per heavy atom. The number of nitrogens with zero attached hydrogens (tertiary/aromatic N) is 9. The highest BCUT2D eigenvalue weighted by Crippen LogP contribution is 2.29. The molecule has 1 aliphatic heterocycles. The van der Waals surface area contributed by atoms with E-state index in [0.29, 0.717) is 28.6 Å². The first-order valence-corrected chi connectivity index (χ1v) is 12.9. The third kappa shape index (κ3) is 4.66. The Bertz CT molecular complexity index is 1710. The van der Waals surface area contributed by atoms with E-state index in [1.54, 1.807) is 4.68 Å². The van der Waals surface area contributed by atoms with E-state index in [1.165, 1.54) is 16.5 Å². The topological polar surface area (TPSA) is 158 Å². The molecule has 1 amide bonds. The lowest BCUT2D eigenvalue weighted by atomic mass is 10.0. The van der Waals surface area contributed by atoms with Crippen LogP contribution in [0.5, 0.6) is 0 Å². The molecular weight excluding hydrogens is 534 g/mol. The average molecular weight is 558 g/mol. The van der Waals surface area contributed by atoms with Crippen molar-refractivity contribution in [3.05, 3.63) is 88.0 Å². The maximum atomic E-state index is 13.3. The molecule has 2 aromatic carbocycles. The number of nitrogens with one attached hydrogen (secondary N) is 1. The van der Waals surface area contributed by atoms with Crippen LogP contribution in [-0.4, -0.2) is 53.8 Å². The smallest absolute Gasteiger partial charge is 0.293 e. The highest BCUT2D eigenvalue weighted by molar-refractivity contribution is 6.32. The monoisotopic (exact) mass is 557 g/mol. The third-order valence-corrected chi connectivity index (χ3v) is 6.99. The van der Waals surface area contributed by atoms with Crippen molar-refractivity contribution >= 4 is 35.2 Å². The van der Waals surface area contributed by atoms with Gasteiger partial charge < -0.3 is 10.6 Å². The molecule has 0 bridgehead atoms. The first-order valence-electron chi connectivity index (χ1n) is 12.5. The second kappa shape index (κ2) is 10.6. The van der Waals surface area contributed by atoms with E-state index >= 15 is 0 Å². The van der Waals surface area contributed by atoms with Crippen molar-refractivity contribution in [2.24, 2.45) is 5.10 Å². The SMILES string of the molecule is Cc1nn(-c2ccccc2)c(Cl)c1/C=N/NC(=O)c1nnn(-c2nonc2N)c1CN1CCCc2ccccc21. The molecule has 1 aliphatic rings. The number of nitrogens with two attached hydrogens (primary N) is 1. The molecule has 0 aliphatic carbocycles. The van der Waals surface area contributed by atoms with E-state index < -0.39 is 5.91 Å². The van der Waals surface area contributed by atoms with E-state index in [0.717, 1.165) is 30.8 Å². The third-order valence-electron chi connectivity index (χ3n) is 6.63. The number of aryl methyl sites for hydroxylation is 2. The van der Waals surface area contributed by atoms with E-state index in [1.807, 2.05) is 49.4 Å². The molecule has 14 heteroatoms. The van der Waals surface area contributed by atoms with Crippen LogP contribution in [-0.2, 0) is 13.0 Å². The summed E-state index contributed by atoms with van der Waals surface area (Å²) in [5.41, 5.74) is 13.3. The van der Waals surface area contributed by atoms with E-state index in [2.05, 4.69) is 53.3 Å². The van der Waals surface area contributed by atoms with E-state index in [9.17, 15) is 4.79 Å². The molecule has 3 N–H and O–H groups in total. The van der Waals surface area contributed by atoms with Crippen molar-refractivity contribution in [1.82, 2.24) is 40.5 Å². The summed E-state index contributed by atoms with van der Waals surface area (Å²) < 4.78 is 7.74. The summed E-state index contributed by atoms with van der Waals surface area (Å²) >= 11 is 6.58. The van der Waals surface area contributed by atoms with Gasteiger partial charge in [0.25, 0.3) is 5.91 Å². The minimum absolute atomic E-state index is 0.0238. The van der Waals surface area contributed by atoms with Gasteiger partial charge in [0.15, 0.2) is 5.69 Å². The average Bonchev–Trinajstić information content (AvgIpc) is 3.66. The van der Waals surface area contributed by atoms with Gasteiger partial charge in [-0.2, -0.15) is 14.9 Å². The number of benzene rings is 2. The van der Waals surface area contributed by atoms with Crippen molar-refractivity contribution in [1.29, 1.82) is 0 Å². The van der Waals surface area contributed by atoms with Gasteiger partial charge in [-0.25, -0.2) is 14.7 Å². The number of hydrogen-bond donors (Lipinski definition) is 2. The number of carbonyl (C=O) groups excluding carboxylic acids is 1. The highest BCUT2D eigenvalue weighted by Gasteiger charge is 2.27. The van der Waals surface area contributed by atoms with Crippen LogP contribution < -0.4 is 16.1 Å². The first-order chi connectivity index (χ1) is 19.5. The predicted molar refractivity (Wildman–Crippen MR) is 148 cm³/mol. The molecule has 0 saturated carbocycles. The van der Waals surface area contributed by atoms with Crippen molar-refractivity contribution in [3.8, 4) is 11.5 Å².